The van der Waals surface area contributed by atoms with Gasteiger partial charge in [0, 0.05) is 18.4 Å². The normalized spacial score (nSPS) is 12.4. The van der Waals surface area contributed by atoms with Crippen molar-refractivity contribution >= 4 is 17.3 Å². The van der Waals surface area contributed by atoms with E-state index in [9.17, 15) is 5.11 Å². The minimum Gasteiger partial charge on any atom is -0.394 e. The zero-order valence-electron chi connectivity index (χ0n) is 10.3. The quantitative estimate of drug-likeness (QED) is 0.747. The summed E-state index contributed by atoms with van der Waals surface area (Å²) in [5.41, 5.74) is 1.96. The molecule has 0 saturated heterocycles. The Balaban J connectivity index is 1.98. The summed E-state index contributed by atoms with van der Waals surface area (Å²) in [7, 11) is 0. The van der Waals surface area contributed by atoms with Crippen LogP contribution >= 0.6 is 11.6 Å². The first kappa shape index (κ1) is 13.9. The van der Waals surface area contributed by atoms with E-state index in [4.69, 9.17) is 16.7 Å². The summed E-state index contributed by atoms with van der Waals surface area (Å²) in [5.74, 6) is 0. The molecule has 0 aliphatic heterocycles. The number of aromatic nitrogens is 2. The van der Waals surface area contributed by atoms with Crippen LogP contribution in [0, 0.1) is 0 Å². The molecule has 2 aromatic rings. The maximum atomic E-state index is 9.29. The van der Waals surface area contributed by atoms with E-state index >= 15 is 0 Å². The number of benzene rings is 1. The van der Waals surface area contributed by atoms with Gasteiger partial charge in [0.05, 0.1) is 30.5 Å². The van der Waals surface area contributed by atoms with Crippen LogP contribution in [0.4, 0.5) is 5.69 Å². The number of aliphatic hydroxyl groups is 2. The summed E-state index contributed by atoms with van der Waals surface area (Å²) in [6.07, 6.45) is 2.60. The monoisotopic (exact) mass is 281 g/mol. The van der Waals surface area contributed by atoms with Crippen LogP contribution in [0.5, 0.6) is 0 Å². The third kappa shape index (κ3) is 4.24. The second kappa shape index (κ2) is 6.56. The molecule has 1 unspecified atom stereocenters. The highest BCUT2D eigenvalue weighted by Crippen LogP contribution is 2.13. The van der Waals surface area contributed by atoms with E-state index in [0.29, 0.717) is 18.1 Å². The average molecular weight is 282 g/mol. The molecule has 1 aromatic heterocycles. The first-order valence-corrected chi connectivity index (χ1v) is 6.35. The molecule has 6 heteroatoms. The topological polar surface area (TPSA) is 70.3 Å². The summed E-state index contributed by atoms with van der Waals surface area (Å²) in [6, 6.07) is 7.79. The summed E-state index contributed by atoms with van der Waals surface area (Å²) in [4.78, 5) is 0. The second-order valence-corrected chi connectivity index (χ2v) is 4.71. The van der Waals surface area contributed by atoms with Gasteiger partial charge in [0.1, 0.15) is 0 Å². The molecule has 0 aliphatic rings. The Hall–Kier alpha value is -1.56. The SMILES string of the molecule is OCC(O)CNc1cccc(Cn2cc(Cl)cn2)c1. The van der Waals surface area contributed by atoms with Crippen LogP contribution in [0.25, 0.3) is 0 Å². The van der Waals surface area contributed by atoms with Crippen molar-refractivity contribution in [3.05, 3.63) is 47.2 Å². The van der Waals surface area contributed by atoms with Gasteiger partial charge >= 0.3 is 0 Å². The molecule has 0 saturated carbocycles. The van der Waals surface area contributed by atoms with Gasteiger partial charge in [-0.1, -0.05) is 23.7 Å². The van der Waals surface area contributed by atoms with Crippen molar-refractivity contribution in [2.45, 2.75) is 12.6 Å². The number of nitrogens with zero attached hydrogens (tertiary/aromatic N) is 2. The molecule has 102 valence electrons. The van der Waals surface area contributed by atoms with Crippen molar-refractivity contribution in [1.82, 2.24) is 9.78 Å². The number of anilines is 1. The number of hydrogen-bond donors (Lipinski definition) is 3. The van der Waals surface area contributed by atoms with E-state index in [1.54, 1.807) is 17.1 Å². The smallest absolute Gasteiger partial charge is 0.0942 e. The molecule has 0 radical (unpaired) electrons. The molecular formula is C13H16ClN3O2. The highest BCUT2D eigenvalue weighted by molar-refractivity contribution is 6.30. The molecule has 0 aliphatic carbocycles. The number of nitrogens with one attached hydrogen (secondary N) is 1. The van der Waals surface area contributed by atoms with Gasteiger partial charge in [0.2, 0.25) is 0 Å². The predicted octanol–water partition coefficient (Wildman–Crippen LogP) is 1.35. The summed E-state index contributed by atoms with van der Waals surface area (Å²) >= 11 is 5.81. The molecule has 1 aromatic carbocycles. The van der Waals surface area contributed by atoms with Gasteiger partial charge in [0.25, 0.3) is 0 Å². The first-order valence-electron chi connectivity index (χ1n) is 5.97. The highest BCUT2D eigenvalue weighted by atomic mass is 35.5. The fourth-order valence-corrected chi connectivity index (χ4v) is 1.85. The largest absolute Gasteiger partial charge is 0.394 e. The molecule has 2 rings (SSSR count). The third-order valence-corrected chi connectivity index (χ3v) is 2.82. The fraction of sp³-hybridized carbons (Fsp3) is 0.308. The molecular weight excluding hydrogens is 266 g/mol. The Morgan fingerprint density at radius 1 is 1.42 bits per heavy atom. The zero-order valence-corrected chi connectivity index (χ0v) is 11.1. The standard InChI is InChI=1S/C13H16ClN3O2/c14-11-5-16-17(8-11)7-10-2-1-3-12(4-10)15-6-13(19)9-18/h1-5,8,13,15,18-19H,6-7,9H2. The van der Waals surface area contributed by atoms with Crippen LogP contribution < -0.4 is 5.32 Å². The molecule has 0 bridgehead atoms. The Bertz CT molecular complexity index is 530. The molecule has 3 N–H and O–H groups in total. The van der Waals surface area contributed by atoms with Gasteiger partial charge in [-0.3, -0.25) is 4.68 Å². The Kier molecular flexibility index (Phi) is 4.79. The lowest BCUT2D eigenvalue weighted by Gasteiger charge is -2.11. The van der Waals surface area contributed by atoms with Gasteiger partial charge in [0.15, 0.2) is 0 Å². The van der Waals surface area contributed by atoms with E-state index in [-0.39, 0.29) is 6.61 Å². The Labute approximate surface area is 116 Å². The molecule has 0 spiro atoms. The van der Waals surface area contributed by atoms with Crippen molar-refractivity contribution in [2.24, 2.45) is 0 Å². The summed E-state index contributed by atoms with van der Waals surface area (Å²) < 4.78 is 1.75. The minimum atomic E-state index is -0.756. The van der Waals surface area contributed by atoms with Crippen LogP contribution in [0.2, 0.25) is 5.02 Å². The molecule has 19 heavy (non-hydrogen) atoms. The van der Waals surface area contributed by atoms with E-state index in [1.165, 1.54) is 0 Å². The van der Waals surface area contributed by atoms with Crippen LogP contribution in [0.3, 0.4) is 0 Å². The van der Waals surface area contributed by atoms with Crippen molar-refractivity contribution in [1.29, 1.82) is 0 Å². The highest BCUT2D eigenvalue weighted by Gasteiger charge is 2.03. The van der Waals surface area contributed by atoms with E-state index in [0.717, 1.165) is 11.3 Å². The lowest BCUT2D eigenvalue weighted by molar-refractivity contribution is 0.105. The van der Waals surface area contributed by atoms with E-state index in [1.807, 2.05) is 24.3 Å². The van der Waals surface area contributed by atoms with E-state index in [2.05, 4.69) is 10.4 Å². The predicted molar refractivity (Wildman–Crippen MR) is 74.4 cm³/mol. The number of halogens is 1. The molecule has 0 amide bonds. The van der Waals surface area contributed by atoms with Crippen molar-refractivity contribution in [3.8, 4) is 0 Å². The fourth-order valence-electron chi connectivity index (χ4n) is 1.69. The summed E-state index contributed by atoms with van der Waals surface area (Å²) in [5, 5.41) is 25.8. The minimum absolute atomic E-state index is 0.252. The Morgan fingerprint density at radius 3 is 2.95 bits per heavy atom. The van der Waals surface area contributed by atoms with Crippen LogP contribution in [0.15, 0.2) is 36.7 Å². The van der Waals surface area contributed by atoms with Gasteiger partial charge < -0.3 is 15.5 Å². The van der Waals surface area contributed by atoms with Gasteiger partial charge in [-0.05, 0) is 17.7 Å². The average Bonchev–Trinajstić information content (AvgIpc) is 2.82. The zero-order chi connectivity index (χ0) is 13.7. The lowest BCUT2D eigenvalue weighted by atomic mass is 10.2. The van der Waals surface area contributed by atoms with Crippen LogP contribution in [0.1, 0.15) is 5.56 Å². The number of rotatable bonds is 6. The number of hydrogen-bond acceptors (Lipinski definition) is 4. The van der Waals surface area contributed by atoms with Crippen molar-refractivity contribution in [2.75, 3.05) is 18.5 Å². The lowest BCUT2D eigenvalue weighted by Crippen LogP contribution is -2.22. The Morgan fingerprint density at radius 2 is 2.26 bits per heavy atom. The van der Waals surface area contributed by atoms with Gasteiger partial charge in [-0.25, -0.2) is 0 Å². The molecule has 1 atom stereocenters. The van der Waals surface area contributed by atoms with Crippen LogP contribution in [-0.4, -0.2) is 39.2 Å². The summed E-state index contributed by atoms with van der Waals surface area (Å²) in [6.45, 7) is 0.691. The van der Waals surface area contributed by atoms with Crippen LogP contribution in [-0.2, 0) is 6.54 Å². The van der Waals surface area contributed by atoms with E-state index < -0.39 is 6.10 Å². The first-order chi connectivity index (χ1) is 9.17. The van der Waals surface area contributed by atoms with Crippen molar-refractivity contribution in [3.63, 3.8) is 0 Å². The molecule has 5 nitrogen and oxygen atoms in total. The van der Waals surface area contributed by atoms with Gasteiger partial charge in [-0.2, -0.15) is 5.10 Å². The van der Waals surface area contributed by atoms with Gasteiger partial charge in [-0.15, -0.1) is 0 Å². The van der Waals surface area contributed by atoms with Crippen molar-refractivity contribution < 1.29 is 10.2 Å². The maximum absolute atomic E-state index is 9.29. The molecule has 0 fully saturated rings. The third-order valence-electron chi connectivity index (χ3n) is 2.63. The molecule has 1 heterocycles. The second-order valence-electron chi connectivity index (χ2n) is 4.27. The number of aliphatic hydroxyl groups excluding tert-OH is 2. The maximum Gasteiger partial charge on any atom is 0.0942 e.